The van der Waals surface area contributed by atoms with Gasteiger partial charge in [0.15, 0.2) is 17.4 Å². The lowest BCUT2D eigenvalue weighted by molar-refractivity contribution is -0.117. The van der Waals surface area contributed by atoms with E-state index in [-0.39, 0.29) is 15.6 Å². The Labute approximate surface area is 304 Å². The standard InChI is InChI=1S/C34H30Cl4F4N2O6/c1-32(2,3)49-30(47)44(31(48)50-33(4,5)6)28-21(40)10-8-16(27(28)42)12-23(45)18-13-17(14-22(41)26(18)36)43-29(46)25-24(34(25,37)38)15-7-9-20(39)19(35)11-15/h7-11,13-14,24-25H,12H2,1-6H3,(H,43,46)/t24-,25+/m0/s1. The quantitative estimate of drug-likeness (QED) is 0.146. The van der Waals surface area contributed by atoms with Crippen LogP contribution in [0.25, 0.3) is 0 Å². The average Bonchev–Trinajstić information content (AvgIpc) is 3.55. The Hall–Kier alpha value is -3.58. The van der Waals surface area contributed by atoms with Gasteiger partial charge in [-0.2, -0.15) is 4.90 Å². The lowest BCUT2D eigenvalue weighted by Gasteiger charge is -2.29. The van der Waals surface area contributed by atoms with Crippen LogP contribution in [0.4, 0.5) is 38.5 Å². The van der Waals surface area contributed by atoms with E-state index in [1.54, 1.807) is 0 Å². The minimum atomic E-state index is -1.63. The highest BCUT2D eigenvalue weighted by Gasteiger charge is 2.67. The first-order valence-electron chi connectivity index (χ1n) is 14.8. The number of carbonyl (C=O) groups excluding carboxylic acids is 4. The number of anilines is 2. The normalized spacial score (nSPS) is 16.8. The third kappa shape index (κ3) is 8.65. The summed E-state index contributed by atoms with van der Waals surface area (Å²) in [6.07, 6.45) is -3.78. The van der Waals surface area contributed by atoms with Crippen LogP contribution < -0.4 is 10.2 Å². The minimum Gasteiger partial charge on any atom is -0.443 e. The van der Waals surface area contributed by atoms with Crippen LogP contribution in [0.1, 0.15) is 68.9 Å². The molecule has 0 aliphatic heterocycles. The molecule has 3 amide bonds. The molecular formula is C34H30Cl4F4N2O6. The van der Waals surface area contributed by atoms with Crippen molar-refractivity contribution in [1.82, 2.24) is 0 Å². The molecule has 0 bridgehead atoms. The smallest absolute Gasteiger partial charge is 0.424 e. The second-order valence-electron chi connectivity index (χ2n) is 13.4. The second-order valence-corrected chi connectivity index (χ2v) is 15.6. The van der Waals surface area contributed by atoms with Crippen LogP contribution in [0.5, 0.6) is 0 Å². The number of Topliss-reactive ketones (excluding diaryl/α,β-unsaturated/α-hetero) is 1. The molecule has 1 N–H and O–H groups in total. The van der Waals surface area contributed by atoms with Crippen molar-refractivity contribution < 1.29 is 46.2 Å². The molecule has 268 valence electrons. The van der Waals surface area contributed by atoms with Crippen LogP contribution in [0.2, 0.25) is 10.0 Å². The fourth-order valence-corrected chi connectivity index (χ4v) is 6.15. The number of imide groups is 1. The number of alkyl halides is 2. The Balaban J connectivity index is 1.63. The molecule has 3 aromatic rings. The molecule has 0 unspecified atom stereocenters. The van der Waals surface area contributed by atoms with Gasteiger partial charge in [0.1, 0.15) is 32.9 Å². The summed E-state index contributed by atoms with van der Waals surface area (Å²) in [6, 6.07) is 7.17. The predicted molar refractivity (Wildman–Crippen MR) is 181 cm³/mol. The fourth-order valence-electron chi connectivity index (χ4n) is 4.92. The van der Waals surface area contributed by atoms with Crippen molar-refractivity contribution in [2.24, 2.45) is 5.92 Å². The van der Waals surface area contributed by atoms with Gasteiger partial charge >= 0.3 is 12.2 Å². The first-order valence-corrected chi connectivity index (χ1v) is 16.3. The third-order valence-corrected chi connectivity index (χ3v) is 8.72. The van der Waals surface area contributed by atoms with E-state index in [4.69, 9.17) is 55.9 Å². The number of nitrogens with zero attached hydrogens (tertiary/aromatic N) is 1. The molecule has 0 heterocycles. The predicted octanol–water partition coefficient (Wildman–Crippen LogP) is 10.2. The first kappa shape index (κ1) is 39.2. The Bertz CT molecular complexity index is 1870. The Morgan fingerprint density at radius 3 is 1.92 bits per heavy atom. The summed E-state index contributed by atoms with van der Waals surface area (Å²) in [7, 11) is 0. The molecule has 0 aromatic heterocycles. The highest BCUT2D eigenvalue weighted by atomic mass is 35.5. The molecule has 1 aliphatic rings. The molecule has 50 heavy (non-hydrogen) atoms. The molecule has 1 saturated carbocycles. The average molecular weight is 780 g/mol. The van der Waals surface area contributed by atoms with E-state index in [1.807, 2.05) is 0 Å². The van der Waals surface area contributed by atoms with Crippen molar-refractivity contribution in [1.29, 1.82) is 0 Å². The zero-order valence-corrected chi connectivity index (χ0v) is 30.3. The molecule has 3 aromatic carbocycles. The third-order valence-electron chi connectivity index (χ3n) is 7.11. The van der Waals surface area contributed by atoms with Crippen molar-refractivity contribution in [3.63, 3.8) is 0 Å². The SMILES string of the molecule is CC(C)(C)OC(=O)N(C(=O)OC(C)(C)C)c1c(F)ccc(CC(=O)c2cc(NC(=O)[C@H]3[C@H](c4ccc(F)c(Cl)c4)C3(Cl)Cl)cc(F)c2Cl)c1F. The molecule has 2 atom stereocenters. The van der Waals surface area contributed by atoms with Gasteiger partial charge in [-0.05, 0) is 83.0 Å². The van der Waals surface area contributed by atoms with E-state index >= 15 is 8.78 Å². The number of ether oxygens (including phenoxy) is 2. The highest BCUT2D eigenvalue weighted by molar-refractivity contribution is 6.53. The Morgan fingerprint density at radius 2 is 1.38 bits per heavy atom. The van der Waals surface area contributed by atoms with Gasteiger partial charge in [0.05, 0.1) is 16.0 Å². The summed E-state index contributed by atoms with van der Waals surface area (Å²) < 4.78 is 68.6. The van der Waals surface area contributed by atoms with E-state index in [9.17, 15) is 28.0 Å². The number of rotatable bonds is 7. The zero-order chi connectivity index (χ0) is 37.7. The van der Waals surface area contributed by atoms with Crippen LogP contribution in [-0.4, -0.2) is 39.4 Å². The second kappa shape index (κ2) is 14.2. The monoisotopic (exact) mass is 778 g/mol. The van der Waals surface area contributed by atoms with E-state index < -0.39 is 103 Å². The van der Waals surface area contributed by atoms with E-state index in [2.05, 4.69) is 5.32 Å². The summed E-state index contributed by atoms with van der Waals surface area (Å²) in [5.74, 6) is -8.34. The maximum absolute atomic E-state index is 16.0. The maximum atomic E-state index is 16.0. The topological polar surface area (TPSA) is 102 Å². The van der Waals surface area contributed by atoms with Crippen molar-refractivity contribution >= 4 is 81.7 Å². The molecule has 1 aliphatic carbocycles. The van der Waals surface area contributed by atoms with Gasteiger partial charge in [0, 0.05) is 23.6 Å². The van der Waals surface area contributed by atoms with Crippen LogP contribution in [-0.2, 0) is 20.7 Å². The highest BCUT2D eigenvalue weighted by Crippen LogP contribution is 2.65. The van der Waals surface area contributed by atoms with Crippen molar-refractivity contribution in [2.75, 3.05) is 10.2 Å². The van der Waals surface area contributed by atoms with Crippen LogP contribution in [0, 0.1) is 29.2 Å². The number of ketones is 1. The Morgan fingerprint density at radius 1 is 0.820 bits per heavy atom. The number of hydrogen-bond donors (Lipinski definition) is 1. The maximum Gasteiger partial charge on any atom is 0.424 e. The minimum absolute atomic E-state index is 0.0384. The zero-order valence-electron chi connectivity index (χ0n) is 27.3. The lowest BCUT2D eigenvalue weighted by Crippen LogP contribution is -2.44. The summed E-state index contributed by atoms with van der Waals surface area (Å²) >= 11 is 24.6. The number of amides is 3. The van der Waals surface area contributed by atoms with Gasteiger partial charge in [-0.3, -0.25) is 9.59 Å². The van der Waals surface area contributed by atoms with Gasteiger partial charge in [-0.15, -0.1) is 23.2 Å². The number of hydrogen-bond acceptors (Lipinski definition) is 6. The van der Waals surface area contributed by atoms with Gasteiger partial charge in [0.2, 0.25) is 5.91 Å². The van der Waals surface area contributed by atoms with Crippen molar-refractivity contribution in [3.8, 4) is 0 Å². The molecule has 0 saturated heterocycles. The molecule has 1 fully saturated rings. The van der Waals surface area contributed by atoms with Crippen molar-refractivity contribution in [2.45, 2.75) is 69.4 Å². The number of nitrogens with one attached hydrogen (secondary N) is 1. The molecule has 0 spiro atoms. The summed E-state index contributed by atoms with van der Waals surface area (Å²) in [4.78, 5) is 52.7. The molecule has 8 nitrogen and oxygen atoms in total. The number of halogens is 8. The van der Waals surface area contributed by atoms with Crippen molar-refractivity contribution in [3.05, 3.63) is 92.5 Å². The molecular weight excluding hydrogens is 750 g/mol. The lowest BCUT2D eigenvalue weighted by atomic mass is 10.0. The van der Waals surface area contributed by atoms with E-state index in [1.165, 1.54) is 53.7 Å². The summed E-state index contributed by atoms with van der Waals surface area (Å²) in [5, 5.41) is 1.53. The fraction of sp³-hybridized carbons (Fsp3) is 0.353. The van der Waals surface area contributed by atoms with E-state index in [0.29, 0.717) is 11.6 Å². The summed E-state index contributed by atoms with van der Waals surface area (Å²) in [6.45, 7) is 8.78. The van der Waals surface area contributed by atoms with Gasteiger partial charge < -0.3 is 14.8 Å². The Kier molecular flexibility index (Phi) is 11.1. The first-order chi connectivity index (χ1) is 22.9. The largest absolute Gasteiger partial charge is 0.443 e. The van der Waals surface area contributed by atoms with Crippen LogP contribution in [0.3, 0.4) is 0 Å². The summed E-state index contributed by atoms with van der Waals surface area (Å²) in [5.41, 5.74) is -4.44. The van der Waals surface area contributed by atoms with Crippen LogP contribution in [0.15, 0.2) is 42.5 Å². The number of benzene rings is 3. The molecule has 16 heteroatoms. The van der Waals surface area contributed by atoms with E-state index in [0.717, 1.165) is 24.3 Å². The van der Waals surface area contributed by atoms with Crippen LogP contribution >= 0.6 is 46.4 Å². The number of carbonyl (C=O) groups is 4. The van der Waals surface area contributed by atoms with Gasteiger partial charge in [-0.1, -0.05) is 35.3 Å². The van der Waals surface area contributed by atoms with Gasteiger partial charge in [-0.25, -0.2) is 27.2 Å². The molecule has 4 rings (SSSR count). The molecule has 0 radical (unpaired) electrons. The van der Waals surface area contributed by atoms with Gasteiger partial charge in [0.25, 0.3) is 0 Å².